The van der Waals surface area contributed by atoms with Crippen molar-refractivity contribution in [3.8, 4) is 0 Å². The van der Waals surface area contributed by atoms with Crippen molar-refractivity contribution in [2.45, 2.75) is 20.3 Å². The van der Waals surface area contributed by atoms with E-state index in [9.17, 15) is 9.59 Å². The molecule has 5 rings (SSSR count). The van der Waals surface area contributed by atoms with E-state index >= 15 is 0 Å². The van der Waals surface area contributed by atoms with Crippen LogP contribution in [0, 0.1) is 13.8 Å². The molecule has 1 aliphatic heterocycles. The Morgan fingerprint density at radius 1 is 1.12 bits per heavy atom. The highest BCUT2D eigenvalue weighted by atomic mass is 32.1. The fraction of sp³-hybridized carbons (Fsp3) is 0.346. The van der Waals surface area contributed by atoms with E-state index in [0.29, 0.717) is 22.6 Å². The number of anilines is 1. The predicted octanol–water partition coefficient (Wildman–Crippen LogP) is 4.39. The molecule has 34 heavy (non-hydrogen) atoms. The van der Waals surface area contributed by atoms with Gasteiger partial charge in [0.2, 0.25) is 5.43 Å². The van der Waals surface area contributed by atoms with Crippen LogP contribution in [0.1, 0.15) is 27.9 Å². The lowest BCUT2D eigenvalue weighted by Gasteiger charge is -2.27. The maximum Gasteiger partial charge on any atom is 0.267 e. The number of thiazole rings is 1. The molecule has 2 aromatic heterocycles. The summed E-state index contributed by atoms with van der Waals surface area (Å²) in [5.74, 6) is -0.379. The number of fused-ring (bicyclic) bond motifs is 2. The lowest BCUT2D eigenvalue weighted by atomic mass is 10.1. The van der Waals surface area contributed by atoms with Crippen molar-refractivity contribution in [3.05, 3.63) is 69.6 Å². The minimum atomic E-state index is -0.379. The molecule has 0 spiro atoms. The molecule has 0 bridgehead atoms. The third-order valence-corrected chi connectivity index (χ3v) is 7.49. The Bertz CT molecular complexity index is 1370. The van der Waals surface area contributed by atoms with Crippen LogP contribution in [0.4, 0.5) is 5.13 Å². The van der Waals surface area contributed by atoms with E-state index < -0.39 is 0 Å². The molecule has 0 N–H and O–H groups in total. The molecular formula is C26H27N3O4S. The fourth-order valence-corrected chi connectivity index (χ4v) is 5.43. The number of aromatic nitrogens is 1. The number of amides is 1. The molecule has 1 fully saturated rings. The van der Waals surface area contributed by atoms with Crippen LogP contribution in [0.3, 0.4) is 0 Å². The number of hydrogen-bond acceptors (Lipinski definition) is 7. The van der Waals surface area contributed by atoms with Gasteiger partial charge in [-0.05, 0) is 43.5 Å². The van der Waals surface area contributed by atoms with Crippen molar-refractivity contribution in [1.82, 2.24) is 9.88 Å². The van der Waals surface area contributed by atoms with Gasteiger partial charge >= 0.3 is 0 Å². The summed E-state index contributed by atoms with van der Waals surface area (Å²) in [4.78, 5) is 35.7. The number of morpholine rings is 1. The molecule has 0 atom stereocenters. The van der Waals surface area contributed by atoms with Crippen LogP contribution in [0.25, 0.3) is 21.2 Å². The molecule has 1 saturated heterocycles. The molecular weight excluding hydrogens is 450 g/mol. The number of hydrogen-bond donors (Lipinski definition) is 0. The summed E-state index contributed by atoms with van der Waals surface area (Å²) >= 11 is 1.49. The molecule has 3 heterocycles. The Morgan fingerprint density at radius 2 is 1.88 bits per heavy atom. The normalized spacial score (nSPS) is 14.6. The van der Waals surface area contributed by atoms with E-state index in [1.807, 2.05) is 19.9 Å². The Balaban J connectivity index is 1.50. The highest BCUT2D eigenvalue weighted by Crippen LogP contribution is 2.33. The summed E-state index contributed by atoms with van der Waals surface area (Å²) in [6, 6.07) is 11.1. The summed E-state index contributed by atoms with van der Waals surface area (Å²) in [6.45, 7) is 8.63. The van der Waals surface area contributed by atoms with E-state index in [2.05, 4.69) is 11.0 Å². The van der Waals surface area contributed by atoms with Crippen LogP contribution in [0.15, 0.2) is 51.9 Å². The van der Waals surface area contributed by atoms with Crippen LogP contribution in [0.2, 0.25) is 0 Å². The molecule has 1 aliphatic rings. The molecule has 0 aliphatic carbocycles. The first-order valence-corrected chi connectivity index (χ1v) is 12.3. The maximum atomic E-state index is 13.7. The van der Waals surface area contributed by atoms with Crippen molar-refractivity contribution in [2.75, 3.05) is 44.3 Å². The SMILES string of the molecule is Cc1ccc(C)c2sc(N(CCCN3CCOCC3)C(=O)c3coc4ccccc4c3=O)nc12. The molecule has 7 nitrogen and oxygen atoms in total. The number of carbonyl (C=O) groups is 1. The molecule has 0 saturated carbocycles. The molecule has 4 aromatic rings. The third-order valence-electron chi connectivity index (χ3n) is 6.28. The van der Waals surface area contributed by atoms with Crippen molar-refractivity contribution < 1.29 is 13.9 Å². The third kappa shape index (κ3) is 4.36. The molecule has 0 radical (unpaired) electrons. The quantitative estimate of drug-likeness (QED) is 0.410. The largest absolute Gasteiger partial charge is 0.463 e. The number of carbonyl (C=O) groups excluding carboxylic acids is 1. The van der Waals surface area contributed by atoms with Crippen LogP contribution < -0.4 is 10.3 Å². The summed E-state index contributed by atoms with van der Waals surface area (Å²) in [7, 11) is 0. The number of benzene rings is 2. The second-order valence-corrected chi connectivity index (χ2v) is 9.59. The minimum Gasteiger partial charge on any atom is -0.463 e. The number of para-hydroxylation sites is 1. The first-order chi connectivity index (χ1) is 16.5. The van der Waals surface area contributed by atoms with Gasteiger partial charge in [0.25, 0.3) is 5.91 Å². The second-order valence-electron chi connectivity index (χ2n) is 8.61. The van der Waals surface area contributed by atoms with Gasteiger partial charge in [0.1, 0.15) is 17.4 Å². The van der Waals surface area contributed by atoms with Gasteiger partial charge in [0.15, 0.2) is 5.13 Å². The van der Waals surface area contributed by atoms with Crippen molar-refractivity contribution in [3.63, 3.8) is 0 Å². The Labute approximate surface area is 201 Å². The van der Waals surface area contributed by atoms with Gasteiger partial charge in [0.05, 0.1) is 28.8 Å². The lowest BCUT2D eigenvalue weighted by Crippen LogP contribution is -2.40. The predicted molar refractivity (Wildman–Crippen MR) is 135 cm³/mol. The Morgan fingerprint density at radius 3 is 2.68 bits per heavy atom. The van der Waals surface area contributed by atoms with Gasteiger partial charge in [0, 0.05) is 26.2 Å². The number of ether oxygens (including phenoxy) is 1. The van der Waals surface area contributed by atoms with Gasteiger partial charge < -0.3 is 9.15 Å². The van der Waals surface area contributed by atoms with Crippen LogP contribution >= 0.6 is 11.3 Å². The van der Waals surface area contributed by atoms with Crippen molar-refractivity contribution in [2.24, 2.45) is 0 Å². The topological polar surface area (TPSA) is 75.9 Å². The number of aryl methyl sites for hydroxylation is 2. The second kappa shape index (κ2) is 9.66. The van der Waals surface area contributed by atoms with Gasteiger partial charge in [-0.3, -0.25) is 19.4 Å². The zero-order chi connectivity index (χ0) is 23.7. The molecule has 2 aromatic carbocycles. The molecule has 0 unspecified atom stereocenters. The lowest BCUT2D eigenvalue weighted by molar-refractivity contribution is 0.0376. The van der Waals surface area contributed by atoms with Crippen LogP contribution in [0.5, 0.6) is 0 Å². The highest BCUT2D eigenvalue weighted by molar-refractivity contribution is 7.22. The van der Waals surface area contributed by atoms with Crippen LogP contribution in [-0.4, -0.2) is 55.2 Å². The molecule has 1 amide bonds. The number of rotatable bonds is 6. The van der Waals surface area contributed by atoms with Gasteiger partial charge in [-0.25, -0.2) is 4.98 Å². The van der Waals surface area contributed by atoms with Gasteiger partial charge in [-0.2, -0.15) is 0 Å². The summed E-state index contributed by atoms with van der Waals surface area (Å²) in [5, 5.41) is 1.00. The van der Waals surface area contributed by atoms with E-state index in [0.717, 1.165) is 60.6 Å². The van der Waals surface area contributed by atoms with Crippen molar-refractivity contribution in [1.29, 1.82) is 0 Å². The van der Waals surface area contributed by atoms with E-state index in [-0.39, 0.29) is 16.9 Å². The van der Waals surface area contributed by atoms with E-state index in [4.69, 9.17) is 14.1 Å². The van der Waals surface area contributed by atoms with Crippen molar-refractivity contribution >= 4 is 43.6 Å². The maximum absolute atomic E-state index is 13.7. The fourth-order valence-electron chi connectivity index (χ4n) is 4.30. The summed E-state index contributed by atoms with van der Waals surface area (Å²) in [6.07, 6.45) is 2.05. The zero-order valence-electron chi connectivity index (χ0n) is 19.4. The first kappa shape index (κ1) is 22.7. The van der Waals surface area contributed by atoms with Gasteiger partial charge in [-0.15, -0.1) is 0 Å². The Hall–Kier alpha value is -3.07. The summed E-state index contributed by atoms with van der Waals surface area (Å²) < 4.78 is 12.1. The average molecular weight is 478 g/mol. The van der Waals surface area contributed by atoms with E-state index in [1.165, 1.54) is 17.6 Å². The standard InChI is InChI=1S/C26H27N3O4S/c1-17-8-9-18(2)24-22(17)27-26(34-24)29(11-5-10-28-12-14-32-15-13-28)25(31)20-16-33-21-7-4-3-6-19(21)23(20)30/h3-4,6-9,16H,5,10-15H2,1-2H3. The Kier molecular flexibility index (Phi) is 6.45. The average Bonchev–Trinajstić information content (AvgIpc) is 3.31. The van der Waals surface area contributed by atoms with Gasteiger partial charge in [-0.1, -0.05) is 35.6 Å². The number of nitrogens with zero attached hydrogens (tertiary/aromatic N) is 3. The molecule has 8 heteroatoms. The first-order valence-electron chi connectivity index (χ1n) is 11.5. The smallest absolute Gasteiger partial charge is 0.267 e. The summed E-state index contributed by atoms with van der Waals surface area (Å²) in [5.41, 5.74) is 3.26. The van der Waals surface area contributed by atoms with Crippen LogP contribution in [-0.2, 0) is 4.74 Å². The monoisotopic (exact) mass is 477 g/mol. The molecule has 176 valence electrons. The van der Waals surface area contributed by atoms with E-state index in [1.54, 1.807) is 29.2 Å². The highest BCUT2D eigenvalue weighted by Gasteiger charge is 2.26. The zero-order valence-corrected chi connectivity index (χ0v) is 20.2. The minimum absolute atomic E-state index is 0.0257.